The molecule has 4 aromatic rings. The Morgan fingerprint density at radius 3 is 2.85 bits per heavy atom. The number of aromatic nitrogens is 3. The maximum absolute atomic E-state index is 13.2. The third kappa shape index (κ3) is 5.29. The lowest BCUT2D eigenvalue weighted by Crippen LogP contribution is -2.28. The van der Waals surface area contributed by atoms with Crippen LogP contribution in [0.15, 0.2) is 63.9 Å². The first-order chi connectivity index (χ1) is 16.2. The van der Waals surface area contributed by atoms with Gasteiger partial charge in [-0.05, 0) is 44.0 Å². The molecule has 1 fully saturated rings. The molecule has 170 valence electrons. The Morgan fingerprint density at radius 2 is 2.03 bits per heavy atom. The predicted molar refractivity (Wildman–Crippen MR) is 132 cm³/mol. The van der Waals surface area contributed by atoms with Gasteiger partial charge in [-0.2, -0.15) is 0 Å². The lowest BCUT2D eigenvalue weighted by atomic mass is 10.2. The van der Waals surface area contributed by atoms with Crippen LogP contribution in [-0.2, 0) is 23.6 Å². The van der Waals surface area contributed by atoms with Gasteiger partial charge >= 0.3 is 0 Å². The van der Waals surface area contributed by atoms with Gasteiger partial charge in [0.25, 0.3) is 5.56 Å². The molecular weight excluding hydrogens is 454 g/mol. The molecule has 0 bridgehead atoms. The molecule has 1 aliphatic heterocycles. The van der Waals surface area contributed by atoms with Gasteiger partial charge in [0.05, 0.1) is 29.2 Å². The van der Waals surface area contributed by atoms with Crippen LogP contribution >= 0.6 is 23.1 Å². The Balaban J connectivity index is 1.30. The first-order valence-electron chi connectivity index (χ1n) is 11.0. The van der Waals surface area contributed by atoms with Crippen molar-refractivity contribution in [2.24, 2.45) is 0 Å². The summed E-state index contributed by atoms with van der Waals surface area (Å²) in [5.41, 5.74) is 2.87. The molecule has 0 N–H and O–H groups in total. The number of aryl methyl sites for hydroxylation is 1. The summed E-state index contributed by atoms with van der Waals surface area (Å²) >= 11 is 3.13. The van der Waals surface area contributed by atoms with E-state index >= 15 is 0 Å². The molecule has 1 unspecified atom stereocenters. The minimum absolute atomic E-state index is 0.0101. The molecule has 2 aromatic heterocycles. The quantitative estimate of drug-likeness (QED) is 0.255. The molecular formula is C25H25N3O3S2. The van der Waals surface area contributed by atoms with Crippen molar-refractivity contribution in [3.05, 3.63) is 80.5 Å². The first-order valence-corrected chi connectivity index (χ1v) is 12.9. The number of para-hydroxylation sites is 1. The minimum atomic E-state index is -0.0101. The molecule has 0 spiro atoms. The van der Waals surface area contributed by atoms with E-state index in [-0.39, 0.29) is 11.7 Å². The van der Waals surface area contributed by atoms with E-state index in [4.69, 9.17) is 19.4 Å². The molecule has 5 rings (SSSR count). The van der Waals surface area contributed by atoms with Gasteiger partial charge in [0, 0.05) is 17.7 Å². The van der Waals surface area contributed by atoms with Gasteiger partial charge in [0.1, 0.15) is 17.4 Å². The second-order valence-electron chi connectivity index (χ2n) is 8.09. The van der Waals surface area contributed by atoms with Crippen molar-refractivity contribution in [2.75, 3.05) is 6.61 Å². The smallest absolute Gasteiger partial charge is 0.262 e. The summed E-state index contributed by atoms with van der Waals surface area (Å²) < 4.78 is 13.4. The Hall–Kier alpha value is -2.68. The predicted octanol–water partition coefficient (Wildman–Crippen LogP) is 5.21. The summed E-state index contributed by atoms with van der Waals surface area (Å²) in [5, 5.41) is 4.32. The second-order valence-corrected chi connectivity index (χ2v) is 9.97. The van der Waals surface area contributed by atoms with Crippen molar-refractivity contribution in [3.8, 4) is 5.75 Å². The number of benzene rings is 2. The molecule has 3 heterocycles. The average molecular weight is 480 g/mol. The zero-order chi connectivity index (χ0) is 22.6. The van der Waals surface area contributed by atoms with Crippen molar-refractivity contribution < 1.29 is 9.47 Å². The van der Waals surface area contributed by atoms with E-state index in [1.165, 1.54) is 5.56 Å². The molecule has 1 aliphatic rings. The van der Waals surface area contributed by atoms with Crippen LogP contribution in [0.3, 0.4) is 0 Å². The van der Waals surface area contributed by atoms with Crippen molar-refractivity contribution >= 4 is 34.0 Å². The zero-order valence-corrected chi connectivity index (χ0v) is 20.0. The lowest BCUT2D eigenvalue weighted by Gasteiger charge is -2.16. The van der Waals surface area contributed by atoms with Gasteiger partial charge in [0.15, 0.2) is 5.16 Å². The molecule has 1 saturated heterocycles. The van der Waals surface area contributed by atoms with Gasteiger partial charge in [-0.15, -0.1) is 11.3 Å². The Kier molecular flexibility index (Phi) is 6.75. The van der Waals surface area contributed by atoms with Crippen LogP contribution in [0.1, 0.15) is 29.1 Å². The Labute approximate surface area is 200 Å². The van der Waals surface area contributed by atoms with E-state index in [1.807, 2.05) is 53.9 Å². The van der Waals surface area contributed by atoms with E-state index in [9.17, 15) is 4.79 Å². The summed E-state index contributed by atoms with van der Waals surface area (Å²) in [5.74, 6) is 1.47. The van der Waals surface area contributed by atoms with E-state index in [0.717, 1.165) is 41.4 Å². The standard InChI is InChI=1S/C25H25N3O3S2/c1-17-8-10-19(11-9-17)31-14-23-26-18(15-32-23)16-33-25-27-22-7-3-2-6-21(22)24(29)28(25)13-20-5-4-12-30-20/h2-3,6-11,15,20H,4-5,12-14,16H2,1H3. The molecule has 0 saturated carbocycles. The fourth-order valence-corrected chi connectivity index (χ4v) is 5.52. The number of fused-ring (bicyclic) bond motifs is 1. The molecule has 33 heavy (non-hydrogen) atoms. The highest BCUT2D eigenvalue weighted by atomic mass is 32.2. The summed E-state index contributed by atoms with van der Waals surface area (Å²) in [4.78, 5) is 22.7. The van der Waals surface area contributed by atoms with Crippen molar-refractivity contribution in [1.29, 1.82) is 0 Å². The highest BCUT2D eigenvalue weighted by Gasteiger charge is 2.20. The topological polar surface area (TPSA) is 66.2 Å². The van der Waals surface area contributed by atoms with E-state index in [0.29, 0.717) is 29.4 Å². The highest BCUT2D eigenvalue weighted by molar-refractivity contribution is 7.98. The molecule has 0 radical (unpaired) electrons. The number of nitrogens with zero attached hydrogens (tertiary/aromatic N) is 3. The molecule has 6 nitrogen and oxygen atoms in total. The third-order valence-corrected chi connectivity index (χ3v) is 7.45. The number of rotatable bonds is 8. The maximum atomic E-state index is 13.2. The number of hydrogen-bond donors (Lipinski definition) is 0. The van der Waals surface area contributed by atoms with Crippen molar-refractivity contribution in [2.45, 2.75) is 49.9 Å². The number of thioether (sulfide) groups is 1. The number of hydrogen-bond acceptors (Lipinski definition) is 7. The van der Waals surface area contributed by atoms with Gasteiger partial charge in [0.2, 0.25) is 0 Å². The fourth-order valence-electron chi connectivity index (χ4n) is 3.81. The van der Waals surface area contributed by atoms with Crippen molar-refractivity contribution in [1.82, 2.24) is 14.5 Å². The van der Waals surface area contributed by atoms with Crippen molar-refractivity contribution in [3.63, 3.8) is 0 Å². The molecule has 1 atom stereocenters. The zero-order valence-electron chi connectivity index (χ0n) is 18.4. The van der Waals surface area contributed by atoms with Crippen LogP contribution in [-0.4, -0.2) is 27.2 Å². The van der Waals surface area contributed by atoms with Crippen LogP contribution < -0.4 is 10.3 Å². The summed E-state index contributed by atoms with van der Waals surface area (Å²) in [6, 6.07) is 15.5. The van der Waals surface area contributed by atoms with Gasteiger partial charge in [-0.3, -0.25) is 9.36 Å². The Bertz CT molecular complexity index is 1290. The maximum Gasteiger partial charge on any atom is 0.262 e. The largest absolute Gasteiger partial charge is 0.486 e. The fraction of sp³-hybridized carbons (Fsp3) is 0.320. The summed E-state index contributed by atoms with van der Waals surface area (Å²) in [6.45, 7) is 3.79. The van der Waals surface area contributed by atoms with Crippen LogP contribution in [0, 0.1) is 6.92 Å². The first kappa shape index (κ1) is 22.1. The molecule has 0 amide bonds. The van der Waals surface area contributed by atoms with Crippen LogP contribution in [0.2, 0.25) is 0 Å². The Morgan fingerprint density at radius 1 is 1.18 bits per heavy atom. The SMILES string of the molecule is Cc1ccc(OCc2nc(CSc3nc4ccccc4c(=O)n3CC3CCCO3)cs2)cc1. The lowest BCUT2D eigenvalue weighted by molar-refractivity contribution is 0.0937. The minimum Gasteiger partial charge on any atom is -0.486 e. The van der Waals surface area contributed by atoms with Gasteiger partial charge in [-0.1, -0.05) is 41.6 Å². The normalized spacial score (nSPS) is 15.8. The van der Waals surface area contributed by atoms with Crippen LogP contribution in [0.4, 0.5) is 0 Å². The van der Waals surface area contributed by atoms with Crippen LogP contribution in [0.25, 0.3) is 10.9 Å². The summed E-state index contributed by atoms with van der Waals surface area (Å²) in [7, 11) is 0. The molecule has 2 aromatic carbocycles. The van der Waals surface area contributed by atoms with E-state index in [2.05, 4.69) is 6.92 Å². The highest BCUT2D eigenvalue weighted by Crippen LogP contribution is 2.25. The van der Waals surface area contributed by atoms with Crippen LogP contribution in [0.5, 0.6) is 5.75 Å². The monoisotopic (exact) mass is 479 g/mol. The van der Waals surface area contributed by atoms with E-state index in [1.54, 1.807) is 27.7 Å². The van der Waals surface area contributed by atoms with E-state index < -0.39 is 0 Å². The molecule has 0 aliphatic carbocycles. The third-order valence-electron chi connectivity index (χ3n) is 5.57. The number of ether oxygens (including phenoxy) is 2. The number of thiazole rings is 1. The summed E-state index contributed by atoms with van der Waals surface area (Å²) in [6.07, 6.45) is 2.07. The van der Waals surface area contributed by atoms with Gasteiger partial charge < -0.3 is 9.47 Å². The molecule has 8 heteroatoms. The second kappa shape index (κ2) is 10.1. The van der Waals surface area contributed by atoms with Gasteiger partial charge in [-0.25, -0.2) is 9.97 Å². The average Bonchev–Trinajstić information content (AvgIpc) is 3.52.